The fourth-order valence-corrected chi connectivity index (χ4v) is 5.40. The van der Waals surface area contributed by atoms with Crippen LogP contribution in [0.4, 0.5) is 10.6 Å². The number of piperidine rings is 1. The van der Waals surface area contributed by atoms with Crippen LogP contribution >= 0.6 is 0 Å². The number of nitrogens with zero attached hydrogens (tertiary/aromatic N) is 2. The van der Waals surface area contributed by atoms with E-state index < -0.39 is 6.09 Å². The number of carbonyl (C=O) groups excluding carboxylic acids is 1. The third kappa shape index (κ3) is 6.17. The molecule has 2 heterocycles. The second-order valence-electron chi connectivity index (χ2n) is 9.84. The average molecular weight is 468 g/mol. The van der Waals surface area contributed by atoms with E-state index in [4.69, 9.17) is 15.8 Å². The summed E-state index contributed by atoms with van der Waals surface area (Å²) < 4.78 is 0. The molecule has 2 amide bonds. The van der Waals surface area contributed by atoms with E-state index in [1.165, 1.54) is 0 Å². The number of nitrogens with two attached hydrogens (primary N) is 1. The summed E-state index contributed by atoms with van der Waals surface area (Å²) in [4.78, 5) is 31.1. The molecular formula is C26H37N5O3. The number of nitrogens with one attached hydrogen (secondary N) is 2. The van der Waals surface area contributed by atoms with Gasteiger partial charge in [-0.1, -0.05) is 18.2 Å². The molecule has 2 aromatic rings. The summed E-state index contributed by atoms with van der Waals surface area (Å²) in [5, 5.41) is 15.3. The van der Waals surface area contributed by atoms with E-state index >= 15 is 0 Å². The van der Waals surface area contributed by atoms with Gasteiger partial charge in [-0.2, -0.15) is 0 Å². The number of fused-ring (bicyclic) bond motifs is 1. The van der Waals surface area contributed by atoms with Gasteiger partial charge in [0.1, 0.15) is 5.82 Å². The van der Waals surface area contributed by atoms with Crippen molar-refractivity contribution in [1.29, 1.82) is 0 Å². The van der Waals surface area contributed by atoms with Crippen molar-refractivity contribution in [1.82, 2.24) is 15.6 Å². The highest BCUT2D eigenvalue weighted by Gasteiger charge is 2.24. The van der Waals surface area contributed by atoms with Crippen LogP contribution in [0, 0.1) is 17.8 Å². The van der Waals surface area contributed by atoms with Gasteiger partial charge in [-0.15, -0.1) is 0 Å². The molecular weight excluding hydrogens is 430 g/mol. The van der Waals surface area contributed by atoms with E-state index in [2.05, 4.69) is 15.5 Å². The van der Waals surface area contributed by atoms with Crippen LogP contribution in [0.2, 0.25) is 0 Å². The lowest BCUT2D eigenvalue weighted by atomic mass is 9.82. The first-order valence-corrected chi connectivity index (χ1v) is 12.6. The van der Waals surface area contributed by atoms with Gasteiger partial charge in [0.05, 0.1) is 11.1 Å². The molecule has 1 aliphatic heterocycles. The van der Waals surface area contributed by atoms with Gasteiger partial charge < -0.3 is 26.4 Å². The number of hydrogen-bond donors (Lipinski definition) is 4. The maximum atomic E-state index is 13.3. The zero-order valence-electron chi connectivity index (χ0n) is 19.8. The van der Waals surface area contributed by atoms with Crippen molar-refractivity contribution >= 4 is 28.7 Å². The summed E-state index contributed by atoms with van der Waals surface area (Å²) in [5.41, 5.74) is 7.27. The minimum absolute atomic E-state index is 0.0486. The molecule has 1 saturated heterocycles. The molecule has 1 aromatic carbocycles. The minimum Gasteiger partial charge on any atom is -0.465 e. The van der Waals surface area contributed by atoms with Gasteiger partial charge in [0.15, 0.2) is 0 Å². The SMILES string of the molecule is NCCC1CCN(c2cc(C(=O)NC[C@H]3CC[C@H](CNC(=O)O)CC3)c3ccccc3n2)CC1. The van der Waals surface area contributed by atoms with Crippen molar-refractivity contribution in [2.24, 2.45) is 23.5 Å². The second kappa shape index (κ2) is 11.5. The van der Waals surface area contributed by atoms with Gasteiger partial charge in [0.2, 0.25) is 0 Å². The lowest BCUT2D eigenvalue weighted by Gasteiger charge is -2.33. The Hall–Kier alpha value is -2.87. The zero-order chi connectivity index (χ0) is 23.9. The minimum atomic E-state index is -0.960. The molecule has 0 atom stereocenters. The molecule has 1 aliphatic carbocycles. The standard InChI is InChI=1S/C26H37N5O3/c27-12-9-18-10-13-31(14-11-18)24-15-22(21-3-1-2-4-23(21)30-24)25(32)28-16-19-5-7-20(8-6-19)17-29-26(33)34/h1-4,15,18-20,29H,5-14,16-17,27H2,(H,28,32)(H,33,34)/t19-,20-. The van der Waals surface area contributed by atoms with Gasteiger partial charge in [0.25, 0.3) is 5.91 Å². The maximum absolute atomic E-state index is 13.3. The highest BCUT2D eigenvalue weighted by atomic mass is 16.4. The van der Waals surface area contributed by atoms with Crippen LogP contribution in [0.25, 0.3) is 10.9 Å². The Morgan fingerprint density at radius 2 is 1.62 bits per heavy atom. The van der Waals surface area contributed by atoms with Crippen molar-refractivity contribution < 1.29 is 14.7 Å². The maximum Gasteiger partial charge on any atom is 0.404 e. The topological polar surface area (TPSA) is 121 Å². The van der Waals surface area contributed by atoms with Gasteiger partial charge in [-0.05, 0) is 81.4 Å². The number of hydrogen-bond acceptors (Lipinski definition) is 5. The van der Waals surface area contributed by atoms with Gasteiger partial charge in [-0.3, -0.25) is 4.79 Å². The fraction of sp³-hybridized carbons (Fsp3) is 0.577. The number of carbonyl (C=O) groups is 2. The molecule has 184 valence electrons. The molecule has 1 aromatic heterocycles. The monoisotopic (exact) mass is 467 g/mol. The summed E-state index contributed by atoms with van der Waals surface area (Å²) in [7, 11) is 0. The Morgan fingerprint density at radius 3 is 2.26 bits per heavy atom. The van der Waals surface area contributed by atoms with Crippen LogP contribution in [0.3, 0.4) is 0 Å². The molecule has 8 heteroatoms. The Balaban J connectivity index is 1.39. The zero-order valence-corrected chi connectivity index (χ0v) is 19.8. The molecule has 1 saturated carbocycles. The van der Waals surface area contributed by atoms with Gasteiger partial charge >= 0.3 is 6.09 Å². The van der Waals surface area contributed by atoms with E-state index in [9.17, 15) is 9.59 Å². The van der Waals surface area contributed by atoms with Crippen LogP contribution in [-0.2, 0) is 0 Å². The first-order chi connectivity index (χ1) is 16.5. The lowest BCUT2D eigenvalue weighted by Crippen LogP contribution is -2.36. The molecule has 34 heavy (non-hydrogen) atoms. The fourth-order valence-electron chi connectivity index (χ4n) is 5.40. The normalized spacial score (nSPS) is 21.4. The number of aromatic nitrogens is 1. The molecule has 4 rings (SSSR count). The molecule has 2 aliphatic rings. The molecule has 5 N–H and O–H groups in total. The van der Waals surface area contributed by atoms with Crippen LogP contribution in [0.1, 0.15) is 55.3 Å². The molecule has 0 spiro atoms. The Bertz CT molecular complexity index is 982. The lowest BCUT2D eigenvalue weighted by molar-refractivity contribution is 0.0942. The van der Waals surface area contributed by atoms with Crippen molar-refractivity contribution in [2.75, 3.05) is 37.6 Å². The average Bonchev–Trinajstić information content (AvgIpc) is 2.86. The summed E-state index contributed by atoms with van der Waals surface area (Å²) in [5.74, 6) is 2.33. The first-order valence-electron chi connectivity index (χ1n) is 12.6. The van der Waals surface area contributed by atoms with Crippen molar-refractivity contribution in [3.63, 3.8) is 0 Å². The van der Waals surface area contributed by atoms with E-state index in [-0.39, 0.29) is 5.91 Å². The third-order valence-electron chi connectivity index (χ3n) is 7.52. The van der Waals surface area contributed by atoms with E-state index in [0.717, 1.165) is 81.3 Å². The van der Waals surface area contributed by atoms with Gasteiger partial charge in [0, 0.05) is 31.6 Å². The number of benzene rings is 1. The van der Waals surface area contributed by atoms with Crippen LogP contribution in [-0.4, -0.2) is 54.8 Å². The van der Waals surface area contributed by atoms with Crippen molar-refractivity contribution in [3.05, 3.63) is 35.9 Å². The predicted octanol–water partition coefficient (Wildman–Crippen LogP) is 3.60. The Kier molecular flexibility index (Phi) is 8.21. The summed E-state index contributed by atoms with van der Waals surface area (Å²) in [6.07, 6.45) is 6.32. The largest absolute Gasteiger partial charge is 0.465 e. The number of pyridine rings is 1. The van der Waals surface area contributed by atoms with Crippen LogP contribution < -0.4 is 21.3 Å². The smallest absolute Gasteiger partial charge is 0.404 e. The quantitative estimate of drug-likeness (QED) is 0.471. The predicted molar refractivity (Wildman–Crippen MR) is 134 cm³/mol. The number of carboxylic acid groups (broad SMARTS) is 1. The van der Waals surface area contributed by atoms with Crippen molar-refractivity contribution in [3.8, 4) is 0 Å². The molecule has 2 fully saturated rings. The van der Waals surface area contributed by atoms with Gasteiger partial charge in [-0.25, -0.2) is 9.78 Å². The first kappa shape index (κ1) is 24.3. The molecule has 0 unspecified atom stereocenters. The van der Waals surface area contributed by atoms with Crippen LogP contribution in [0.15, 0.2) is 30.3 Å². The number of anilines is 1. The summed E-state index contributed by atoms with van der Waals surface area (Å²) in [6.45, 7) is 3.79. The number of para-hydroxylation sites is 1. The van der Waals surface area contributed by atoms with E-state index in [1.807, 2.05) is 30.3 Å². The summed E-state index contributed by atoms with van der Waals surface area (Å²) >= 11 is 0. The molecule has 0 bridgehead atoms. The summed E-state index contributed by atoms with van der Waals surface area (Å²) in [6, 6.07) is 9.81. The Labute approximate surface area is 201 Å². The molecule has 0 radical (unpaired) electrons. The number of amides is 2. The second-order valence-corrected chi connectivity index (χ2v) is 9.84. The Morgan fingerprint density at radius 1 is 0.971 bits per heavy atom. The number of rotatable bonds is 8. The highest BCUT2D eigenvalue weighted by molar-refractivity contribution is 6.07. The molecule has 8 nitrogen and oxygen atoms in total. The third-order valence-corrected chi connectivity index (χ3v) is 7.52. The van der Waals surface area contributed by atoms with Crippen molar-refractivity contribution in [2.45, 2.75) is 44.9 Å². The van der Waals surface area contributed by atoms with E-state index in [0.29, 0.717) is 36.4 Å². The van der Waals surface area contributed by atoms with E-state index in [1.54, 1.807) is 0 Å². The van der Waals surface area contributed by atoms with Crippen LogP contribution in [0.5, 0.6) is 0 Å². The highest BCUT2D eigenvalue weighted by Crippen LogP contribution is 2.29.